The maximum Gasteiger partial charge on any atom is 0.306 e. The molecule has 0 fully saturated rings. The first-order valence-electron chi connectivity index (χ1n) is 8.16. The molecule has 1 heterocycles. The number of esters is 1. The predicted molar refractivity (Wildman–Crippen MR) is 92.7 cm³/mol. The molecule has 0 amide bonds. The Morgan fingerprint density at radius 1 is 1.35 bits per heavy atom. The van der Waals surface area contributed by atoms with Crippen LogP contribution in [0, 0.1) is 5.92 Å². The van der Waals surface area contributed by atoms with Gasteiger partial charge >= 0.3 is 5.97 Å². The number of hydrogen-bond donors (Lipinski definition) is 1. The third kappa shape index (κ3) is 3.36. The molecule has 0 aliphatic heterocycles. The lowest BCUT2D eigenvalue weighted by Gasteiger charge is -2.22. The number of rotatable bonds is 4. The second-order valence-electron chi connectivity index (χ2n) is 6.00. The van der Waals surface area contributed by atoms with E-state index >= 15 is 0 Å². The number of fused-ring (bicyclic) bond motifs is 1. The molecule has 1 unspecified atom stereocenters. The molecular formula is C19H22N2O2. The van der Waals surface area contributed by atoms with Crippen LogP contribution in [0.25, 0.3) is 16.3 Å². The first-order chi connectivity index (χ1) is 11.2. The first kappa shape index (κ1) is 15.5. The molecule has 1 atom stereocenters. The van der Waals surface area contributed by atoms with Gasteiger partial charge in [0, 0.05) is 29.9 Å². The number of aromatic nitrogens is 1. The van der Waals surface area contributed by atoms with Crippen LogP contribution in [0.3, 0.4) is 0 Å². The highest BCUT2D eigenvalue weighted by molar-refractivity contribution is 5.99. The number of allylic oxidation sites excluding steroid dienone is 2. The van der Waals surface area contributed by atoms with Crippen LogP contribution in [0.2, 0.25) is 0 Å². The van der Waals surface area contributed by atoms with Gasteiger partial charge in [0.05, 0.1) is 6.61 Å². The smallest absolute Gasteiger partial charge is 0.306 e. The SMILES string of the molecule is CCOC(=O)CC1CC=C(c2ccc(N)c3cnccc23)CC1. The van der Waals surface area contributed by atoms with Crippen molar-refractivity contribution >= 4 is 28.0 Å². The van der Waals surface area contributed by atoms with E-state index in [-0.39, 0.29) is 5.97 Å². The standard InChI is InChI=1S/C19H22N2O2/c1-2-23-19(22)11-13-3-5-14(6-4-13)15-7-8-18(20)17-12-21-10-9-16(15)17/h5,7-10,12-13H,2-4,6,11,20H2,1H3. The van der Waals surface area contributed by atoms with Gasteiger partial charge < -0.3 is 10.5 Å². The Balaban J connectivity index is 1.80. The molecule has 23 heavy (non-hydrogen) atoms. The average molecular weight is 310 g/mol. The second kappa shape index (κ2) is 6.82. The van der Waals surface area contributed by atoms with Gasteiger partial charge in [-0.2, -0.15) is 0 Å². The summed E-state index contributed by atoms with van der Waals surface area (Å²) in [6, 6.07) is 6.06. The average Bonchev–Trinajstić information content (AvgIpc) is 2.57. The molecule has 2 N–H and O–H groups in total. The number of carbonyl (C=O) groups excluding carboxylic acids is 1. The van der Waals surface area contributed by atoms with Gasteiger partial charge in [-0.1, -0.05) is 12.1 Å². The van der Waals surface area contributed by atoms with Crippen molar-refractivity contribution in [3.05, 3.63) is 42.2 Å². The minimum absolute atomic E-state index is 0.0849. The molecule has 0 bridgehead atoms. The lowest BCUT2D eigenvalue weighted by atomic mass is 9.83. The number of pyridine rings is 1. The van der Waals surface area contributed by atoms with Crippen molar-refractivity contribution in [2.75, 3.05) is 12.3 Å². The van der Waals surface area contributed by atoms with Crippen LogP contribution in [0.4, 0.5) is 5.69 Å². The molecule has 0 spiro atoms. The van der Waals surface area contributed by atoms with Crippen molar-refractivity contribution in [2.45, 2.75) is 32.6 Å². The van der Waals surface area contributed by atoms with Crippen molar-refractivity contribution in [1.29, 1.82) is 0 Å². The summed E-state index contributed by atoms with van der Waals surface area (Å²) in [5.41, 5.74) is 9.37. The summed E-state index contributed by atoms with van der Waals surface area (Å²) >= 11 is 0. The van der Waals surface area contributed by atoms with Crippen molar-refractivity contribution < 1.29 is 9.53 Å². The van der Waals surface area contributed by atoms with Gasteiger partial charge in [-0.3, -0.25) is 9.78 Å². The largest absolute Gasteiger partial charge is 0.466 e. The van der Waals surface area contributed by atoms with E-state index < -0.39 is 0 Å². The van der Waals surface area contributed by atoms with E-state index in [2.05, 4.69) is 17.1 Å². The molecule has 1 aliphatic rings. The highest BCUT2D eigenvalue weighted by atomic mass is 16.5. The summed E-state index contributed by atoms with van der Waals surface area (Å²) in [5, 5.41) is 2.15. The Morgan fingerprint density at radius 2 is 2.22 bits per heavy atom. The Kier molecular flexibility index (Phi) is 4.60. The fourth-order valence-electron chi connectivity index (χ4n) is 3.27. The summed E-state index contributed by atoms with van der Waals surface area (Å²) in [4.78, 5) is 15.8. The van der Waals surface area contributed by atoms with Gasteiger partial charge in [0.1, 0.15) is 0 Å². The lowest BCUT2D eigenvalue weighted by molar-refractivity contribution is -0.144. The van der Waals surface area contributed by atoms with E-state index in [0.717, 1.165) is 35.7 Å². The molecule has 120 valence electrons. The number of carbonyl (C=O) groups is 1. The fraction of sp³-hybridized carbons (Fsp3) is 0.368. The predicted octanol–water partition coefficient (Wildman–Crippen LogP) is 3.95. The van der Waals surface area contributed by atoms with Crippen LogP contribution in [-0.2, 0) is 9.53 Å². The molecule has 2 aromatic rings. The molecule has 0 saturated heterocycles. The molecule has 4 nitrogen and oxygen atoms in total. The van der Waals surface area contributed by atoms with E-state index in [1.807, 2.05) is 25.3 Å². The molecule has 1 aromatic carbocycles. The minimum atomic E-state index is -0.0849. The third-order valence-electron chi connectivity index (χ3n) is 4.48. The maximum absolute atomic E-state index is 11.6. The van der Waals surface area contributed by atoms with Crippen molar-refractivity contribution in [1.82, 2.24) is 4.98 Å². The fourth-order valence-corrected chi connectivity index (χ4v) is 3.27. The van der Waals surface area contributed by atoms with Gasteiger partial charge in [-0.05, 0) is 60.8 Å². The zero-order valence-corrected chi connectivity index (χ0v) is 13.4. The topological polar surface area (TPSA) is 65.2 Å². The number of ether oxygens (including phenoxy) is 1. The maximum atomic E-state index is 11.6. The number of nitrogens with zero attached hydrogens (tertiary/aromatic N) is 1. The minimum Gasteiger partial charge on any atom is -0.466 e. The molecule has 1 aromatic heterocycles. The monoisotopic (exact) mass is 310 g/mol. The summed E-state index contributed by atoms with van der Waals surface area (Å²) < 4.78 is 5.05. The molecule has 0 radical (unpaired) electrons. The number of benzene rings is 1. The lowest BCUT2D eigenvalue weighted by Crippen LogP contribution is -2.13. The number of nitrogen functional groups attached to an aromatic ring is 1. The Morgan fingerprint density at radius 3 is 2.96 bits per heavy atom. The number of nitrogens with two attached hydrogens (primary N) is 1. The normalized spacial score (nSPS) is 17.8. The van der Waals surface area contributed by atoms with Crippen LogP contribution >= 0.6 is 0 Å². The Labute approximate surface area is 136 Å². The third-order valence-corrected chi connectivity index (χ3v) is 4.48. The number of hydrogen-bond acceptors (Lipinski definition) is 4. The molecule has 4 heteroatoms. The van der Waals surface area contributed by atoms with Crippen molar-refractivity contribution in [2.24, 2.45) is 5.92 Å². The van der Waals surface area contributed by atoms with E-state index in [9.17, 15) is 4.79 Å². The molecular weight excluding hydrogens is 288 g/mol. The summed E-state index contributed by atoms with van der Waals surface area (Å²) in [6.07, 6.45) is 9.32. The molecule has 0 saturated carbocycles. The Bertz CT molecular complexity index is 752. The van der Waals surface area contributed by atoms with Crippen molar-refractivity contribution in [3.63, 3.8) is 0 Å². The van der Waals surface area contributed by atoms with Gasteiger partial charge in [0.25, 0.3) is 0 Å². The highest BCUT2D eigenvalue weighted by Crippen LogP contribution is 2.36. The number of anilines is 1. The summed E-state index contributed by atoms with van der Waals surface area (Å²) in [7, 11) is 0. The quantitative estimate of drug-likeness (QED) is 0.686. The van der Waals surface area contributed by atoms with Crippen LogP contribution in [0.5, 0.6) is 0 Å². The second-order valence-corrected chi connectivity index (χ2v) is 6.00. The zero-order valence-electron chi connectivity index (χ0n) is 13.4. The van der Waals surface area contributed by atoms with E-state index in [1.165, 1.54) is 11.1 Å². The van der Waals surface area contributed by atoms with Gasteiger partial charge in [0.15, 0.2) is 0 Å². The zero-order chi connectivity index (χ0) is 16.2. The van der Waals surface area contributed by atoms with Crippen molar-refractivity contribution in [3.8, 4) is 0 Å². The first-order valence-corrected chi connectivity index (χ1v) is 8.16. The van der Waals surface area contributed by atoms with E-state index in [1.54, 1.807) is 6.20 Å². The van der Waals surface area contributed by atoms with Crippen LogP contribution in [0.15, 0.2) is 36.7 Å². The van der Waals surface area contributed by atoms with Gasteiger partial charge in [0.2, 0.25) is 0 Å². The van der Waals surface area contributed by atoms with Gasteiger partial charge in [-0.15, -0.1) is 0 Å². The summed E-state index contributed by atoms with van der Waals surface area (Å²) in [5.74, 6) is 0.304. The Hall–Kier alpha value is -2.36. The van der Waals surface area contributed by atoms with Gasteiger partial charge in [-0.25, -0.2) is 0 Å². The highest BCUT2D eigenvalue weighted by Gasteiger charge is 2.20. The van der Waals surface area contributed by atoms with E-state index in [4.69, 9.17) is 10.5 Å². The summed E-state index contributed by atoms with van der Waals surface area (Å²) in [6.45, 7) is 2.30. The van der Waals surface area contributed by atoms with Crippen LogP contribution in [0.1, 0.15) is 38.2 Å². The van der Waals surface area contributed by atoms with Crippen LogP contribution in [-0.4, -0.2) is 17.6 Å². The van der Waals surface area contributed by atoms with Crippen LogP contribution < -0.4 is 5.73 Å². The van der Waals surface area contributed by atoms with E-state index in [0.29, 0.717) is 18.9 Å². The molecule has 1 aliphatic carbocycles. The molecule has 3 rings (SSSR count).